The standard InChI is InChI=1S/C13H21N/c1-4-13(11(3)14-5-2)12-9-7-6-8-10-12/h6-11,13-14H,4-5H2,1-3H3. The summed E-state index contributed by atoms with van der Waals surface area (Å²) in [5.74, 6) is 0.635. The van der Waals surface area contributed by atoms with Crippen molar-refractivity contribution in [3.05, 3.63) is 35.9 Å². The average molecular weight is 191 g/mol. The van der Waals surface area contributed by atoms with Gasteiger partial charge in [0.25, 0.3) is 0 Å². The lowest BCUT2D eigenvalue weighted by atomic mass is 9.90. The van der Waals surface area contributed by atoms with Gasteiger partial charge in [-0.25, -0.2) is 0 Å². The van der Waals surface area contributed by atoms with Crippen molar-refractivity contribution < 1.29 is 0 Å². The third-order valence-corrected chi connectivity index (χ3v) is 2.80. The summed E-state index contributed by atoms with van der Waals surface area (Å²) in [6.45, 7) is 7.73. The molecule has 0 aromatic heterocycles. The molecule has 0 aliphatic rings. The summed E-state index contributed by atoms with van der Waals surface area (Å²) in [5.41, 5.74) is 1.45. The Balaban J connectivity index is 2.71. The lowest BCUT2D eigenvalue weighted by Gasteiger charge is -2.23. The second kappa shape index (κ2) is 5.82. The minimum absolute atomic E-state index is 0.562. The van der Waals surface area contributed by atoms with E-state index in [1.807, 2.05) is 0 Å². The van der Waals surface area contributed by atoms with Crippen molar-refractivity contribution in [2.75, 3.05) is 6.54 Å². The van der Waals surface area contributed by atoms with Crippen LogP contribution in [0.2, 0.25) is 0 Å². The van der Waals surface area contributed by atoms with Gasteiger partial charge in [0, 0.05) is 6.04 Å². The van der Waals surface area contributed by atoms with Crippen LogP contribution >= 0.6 is 0 Å². The van der Waals surface area contributed by atoms with Gasteiger partial charge in [0.15, 0.2) is 0 Å². The van der Waals surface area contributed by atoms with Gasteiger partial charge >= 0.3 is 0 Å². The van der Waals surface area contributed by atoms with Gasteiger partial charge in [-0.05, 0) is 31.4 Å². The molecule has 0 heterocycles. The highest BCUT2D eigenvalue weighted by molar-refractivity contribution is 5.20. The molecule has 0 saturated carbocycles. The zero-order chi connectivity index (χ0) is 10.4. The van der Waals surface area contributed by atoms with Crippen molar-refractivity contribution in [3.63, 3.8) is 0 Å². The molecule has 78 valence electrons. The molecule has 0 bridgehead atoms. The van der Waals surface area contributed by atoms with Gasteiger partial charge in [0.2, 0.25) is 0 Å². The van der Waals surface area contributed by atoms with E-state index in [9.17, 15) is 0 Å². The highest BCUT2D eigenvalue weighted by Crippen LogP contribution is 2.22. The topological polar surface area (TPSA) is 12.0 Å². The Hall–Kier alpha value is -0.820. The molecule has 1 aromatic carbocycles. The van der Waals surface area contributed by atoms with Gasteiger partial charge < -0.3 is 5.32 Å². The maximum Gasteiger partial charge on any atom is 0.0107 e. The van der Waals surface area contributed by atoms with E-state index in [4.69, 9.17) is 0 Å². The van der Waals surface area contributed by atoms with Crippen LogP contribution in [-0.4, -0.2) is 12.6 Å². The second-order valence-corrected chi connectivity index (χ2v) is 3.77. The van der Waals surface area contributed by atoms with E-state index >= 15 is 0 Å². The monoisotopic (exact) mass is 191 g/mol. The van der Waals surface area contributed by atoms with Crippen molar-refractivity contribution in [1.29, 1.82) is 0 Å². The minimum Gasteiger partial charge on any atom is -0.314 e. The van der Waals surface area contributed by atoms with Crippen LogP contribution in [0.3, 0.4) is 0 Å². The first-order valence-corrected chi connectivity index (χ1v) is 5.57. The summed E-state index contributed by atoms with van der Waals surface area (Å²) in [6, 6.07) is 11.3. The molecule has 1 heteroatoms. The number of rotatable bonds is 5. The third kappa shape index (κ3) is 2.85. The molecular formula is C13H21N. The molecule has 1 aromatic rings. The Bertz CT molecular complexity index is 243. The molecule has 0 aliphatic carbocycles. The summed E-state index contributed by atoms with van der Waals surface area (Å²) in [5, 5.41) is 3.49. The van der Waals surface area contributed by atoms with Crippen LogP contribution in [0.5, 0.6) is 0 Å². The lowest BCUT2D eigenvalue weighted by Crippen LogP contribution is -2.31. The van der Waals surface area contributed by atoms with Crippen LogP contribution in [0.1, 0.15) is 38.7 Å². The predicted molar refractivity (Wildman–Crippen MR) is 62.6 cm³/mol. The second-order valence-electron chi connectivity index (χ2n) is 3.77. The summed E-state index contributed by atoms with van der Waals surface area (Å²) in [6.07, 6.45) is 1.19. The zero-order valence-electron chi connectivity index (χ0n) is 9.46. The molecule has 0 radical (unpaired) electrons. The molecule has 2 unspecified atom stereocenters. The number of nitrogens with one attached hydrogen (secondary N) is 1. The van der Waals surface area contributed by atoms with Crippen LogP contribution in [0, 0.1) is 0 Å². The molecule has 0 aliphatic heterocycles. The van der Waals surface area contributed by atoms with Crippen LogP contribution < -0.4 is 5.32 Å². The molecule has 14 heavy (non-hydrogen) atoms. The predicted octanol–water partition coefficient (Wildman–Crippen LogP) is 3.18. The van der Waals surface area contributed by atoms with Crippen LogP contribution in [0.4, 0.5) is 0 Å². The largest absolute Gasteiger partial charge is 0.314 e. The van der Waals surface area contributed by atoms with Crippen LogP contribution in [0.25, 0.3) is 0 Å². The van der Waals surface area contributed by atoms with Crippen molar-refractivity contribution in [1.82, 2.24) is 5.32 Å². The van der Waals surface area contributed by atoms with E-state index in [2.05, 4.69) is 56.4 Å². The first-order chi connectivity index (χ1) is 6.79. The summed E-state index contributed by atoms with van der Waals surface area (Å²) < 4.78 is 0. The fourth-order valence-electron chi connectivity index (χ4n) is 2.04. The number of likely N-dealkylation sites (N-methyl/N-ethyl adjacent to an activating group) is 1. The van der Waals surface area contributed by atoms with Crippen LogP contribution in [0.15, 0.2) is 30.3 Å². The lowest BCUT2D eigenvalue weighted by molar-refractivity contribution is 0.460. The van der Waals surface area contributed by atoms with E-state index in [-0.39, 0.29) is 0 Å². The Labute approximate surface area is 87.5 Å². The van der Waals surface area contributed by atoms with Gasteiger partial charge in [-0.15, -0.1) is 0 Å². The van der Waals surface area contributed by atoms with Gasteiger partial charge in [-0.3, -0.25) is 0 Å². The Morgan fingerprint density at radius 2 is 1.79 bits per heavy atom. The minimum atomic E-state index is 0.562. The maximum atomic E-state index is 3.49. The molecule has 1 rings (SSSR count). The van der Waals surface area contributed by atoms with E-state index < -0.39 is 0 Å². The fraction of sp³-hybridized carbons (Fsp3) is 0.538. The Morgan fingerprint density at radius 1 is 1.14 bits per heavy atom. The van der Waals surface area contributed by atoms with Crippen molar-refractivity contribution >= 4 is 0 Å². The maximum absolute atomic E-state index is 3.49. The normalized spacial score (nSPS) is 15.1. The molecular weight excluding hydrogens is 170 g/mol. The molecule has 0 amide bonds. The zero-order valence-corrected chi connectivity index (χ0v) is 9.46. The third-order valence-electron chi connectivity index (χ3n) is 2.80. The van der Waals surface area contributed by atoms with Crippen molar-refractivity contribution in [2.24, 2.45) is 0 Å². The van der Waals surface area contributed by atoms with Crippen LogP contribution in [-0.2, 0) is 0 Å². The summed E-state index contributed by atoms with van der Waals surface area (Å²) in [4.78, 5) is 0. The van der Waals surface area contributed by atoms with Gasteiger partial charge in [-0.2, -0.15) is 0 Å². The van der Waals surface area contributed by atoms with Crippen molar-refractivity contribution in [3.8, 4) is 0 Å². The SMILES string of the molecule is CCNC(C)C(CC)c1ccccc1. The van der Waals surface area contributed by atoms with Gasteiger partial charge in [0.05, 0.1) is 0 Å². The molecule has 0 spiro atoms. The average Bonchev–Trinajstić information content (AvgIpc) is 2.21. The fourth-order valence-corrected chi connectivity index (χ4v) is 2.04. The van der Waals surface area contributed by atoms with E-state index in [0.717, 1.165) is 6.54 Å². The summed E-state index contributed by atoms with van der Waals surface area (Å²) in [7, 11) is 0. The first kappa shape index (κ1) is 11.3. The summed E-state index contributed by atoms with van der Waals surface area (Å²) >= 11 is 0. The van der Waals surface area contributed by atoms with E-state index in [1.54, 1.807) is 0 Å². The van der Waals surface area contributed by atoms with Crippen molar-refractivity contribution in [2.45, 2.75) is 39.2 Å². The number of benzene rings is 1. The highest BCUT2D eigenvalue weighted by Gasteiger charge is 2.15. The number of hydrogen-bond donors (Lipinski definition) is 1. The molecule has 2 atom stereocenters. The first-order valence-electron chi connectivity index (χ1n) is 5.57. The van der Waals surface area contributed by atoms with E-state index in [0.29, 0.717) is 12.0 Å². The molecule has 0 fully saturated rings. The van der Waals surface area contributed by atoms with E-state index in [1.165, 1.54) is 12.0 Å². The highest BCUT2D eigenvalue weighted by atomic mass is 14.9. The molecule has 1 nitrogen and oxygen atoms in total. The quantitative estimate of drug-likeness (QED) is 0.753. The number of hydrogen-bond acceptors (Lipinski definition) is 1. The van der Waals surface area contributed by atoms with Gasteiger partial charge in [-0.1, -0.05) is 44.2 Å². The Morgan fingerprint density at radius 3 is 2.29 bits per heavy atom. The molecule has 1 N–H and O–H groups in total. The molecule has 0 saturated heterocycles. The smallest absolute Gasteiger partial charge is 0.0107 e. The van der Waals surface area contributed by atoms with Gasteiger partial charge in [0.1, 0.15) is 0 Å². The Kier molecular flexibility index (Phi) is 4.68.